The van der Waals surface area contributed by atoms with Crippen LogP contribution in [0.4, 0.5) is 0 Å². The molecule has 0 aliphatic heterocycles. The molecule has 0 aromatic rings. The summed E-state index contributed by atoms with van der Waals surface area (Å²) < 4.78 is 0. The summed E-state index contributed by atoms with van der Waals surface area (Å²) in [6.07, 6.45) is 9.79. The van der Waals surface area contributed by atoms with E-state index in [-0.39, 0.29) is 0 Å². The van der Waals surface area contributed by atoms with Crippen LogP contribution < -0.4 is 0 Å². The van der Waals surface area contributed by atoms with Crippen molar-refractivity contribution in [3.8, 4) is 0 Å². The fraction of sp³-hybridized carbons (Fsp3) is 1.00. The summed E-state index contributed by atoms with van der Waals surface area (Å²) in [4.78, 5) is 2.61. The Morgan fingerprint density at radius 2 is 1.40 bits per heavy atom. The van der Waals surface area contributed by atoms with Crippen LogP contribution in [-0.2, 0) is 0 Å². The highest BCUT2D eigenvalue weighted by atomic mass is 15.1. The highest BCUT2D eigenvalue weighted by Gasteiger charge is 2.12. The third kappa shape index (κ3) is 6.94. The highest BCUT2D eigenvalue weighted by Crippen LogP contribution is 2.14. The van der Waals surface area contributed by atoms with E-state index in [1.807, 2.05) is 0 Å². The van der Waals surface area contributed by atoms with Gasteiger partial charge in [0.05, 0.1) is 0 Å². The van der Waals surface area contributed by atoms with Crippen molar-refractivity contribution in [3.63, 3.8) is 0 Å². The van der Waals surface area contributed by atoms with Crippen molar-refractivity contribution in [2.45, 2.75) is 78.7 Å². The first-order valence-corrected chi connectivity index (χ1v) is 7.04. The average molecular weight is 213 g/mol. The first-order chi connectivity index (χ1) is 7.29. The quantitative estimate of drug-likeness (QED) is 0.484. The van der Waals surface area contributed by atoms with E-state index in [4.69, 9.17) is 0 Å². The summed E-state index contributed by atoms with van der Waals surface area (Å²) in [6.45, 7) is 11.6. The van der Waals surface area contributed by atoms with Crippen molar-refractivity contribution in [1.29, 1.82) is 0 Å². The molecule has 0 N–H and O–H groups in total. The minimum Gasteiger partial charge on any atom is -0.301 e. The molecule has 0 bridgehead atoms. The first kappa shape index (κ1) is 15.0. The molecular formula is C14H31N. The average Bonchev–Trinajstić information content (AvgIpc) is 2.27. The molecule has 0 saturated heterocycles. The largest absolute Gasteiger partial charge is 0.301 e. The van der Waals surface area contributed by atoms with Crippen LogP contribution in [0.2, 0.25) is 0 Å². The lowest BCUT2D eigenvalue weighted by Gasteiger charge is -2.28. The van der Waals surface area contributed by atoms with Gasteiger partial charge in [0.15, 0.2) is 0 Å². The number of hydrogen-bond donors (Lipinski definition) is 0. The lowest BCUT2D eigenvalue weighted by molar-refractivity contribution is 0.196. The van der Waals surface area contributed by atoms with Crippen molar-refractivity contribution >= 4 is 0 Å². The smallest absolute Gasteiger partial charge is 0.00924 e. The number of unbranched alkanes of at least 4 members (excludes halogenated alkanes) is 4. The Bertz CT molecular complexity index is 119. The molecule has 0 saturated carbocycles. The van der Waals surface area contributed by atoms with Gasteiger partial charge in [-0.1, -0.05) is 59.8 Å². The van der Waals surface area contributed by atoms with Crippen molar-refractivity contribution in [2.24, 2.45) is 0 Å². The summed E-state index contributed by atoms with van der Waals surface area (Å²) in [5, 5.41) is 0. The molecule has 1 nitrogen and oxygen atoms in total. The standard InChI is InChI=1S/C14H31N/c1-5-9-10-11-12-13-14(6-2)15(7-3)8-4/h14H,5-13H2,1-4H3. The summed E-state index contributed by atoms with van der Waals surface area (Å²) in [6, 6.07) is 0.835. The Balaban J connectivity index is 3.60. The van der Waals surface area contributed by atoms with Gasteiger partial charge >= 0.3 is 0 Å². The summed E-state index contributed by atoms with van der Waals surface area (Å²) in [5.74, 6) is 0. The molecule has 1 heteroatoms. The third-order valence-corrected chi connectivity index (χ3v) is 3.44. The van der Waals surface area contributed by atoms with Gasteiger partial charge in [-0.15, -0.1) is 0 Å². The van der Waals surface area contributed by atoms with Crippen LogP contribution in [0.15, 0.2) is 0 Å². The van der Waals surface area contributed by atoms with Gasteiger partial charge in [-0.2, -0.15) is 0 Å². The monoisotopic (exact) mass is 213 g/mol. The van der Waals surface area contributed by atoms with Gasteiger partial charge < -0.3 is 4.90 Å². The zero-order chi connectivity index (χ0) is 11.5. The lowest BCUT2D eigenvalue weighted by Crippen LogP contribution is -2.34. The maximum atomic E-state index is 2.61. The zero-order valence-electron chi connectivity index (χ0n) is 11.4. The van der Waals surface area contributed by atoms with Crippen LogP contribution in [0.5, 0.6) is 0 Å². The molecule has 0 radical (unpaired) electrons. The zero-order valence-corrected chi connectivity index (χ0v) is 11.4. The maximum absolute atomic E-state index is 2.61. The Labute approximate surface area is 97.2 Å². The van der Waals surface area contributed by atoms with Gasteiger partial charge in [-0.05, 0) is 25.9 Å². The number of rotatable bonds is 10. The van der Waals surface area contributed by atoms with E-state index >= 15 is 0 Å². The van der Waals surface area contributed by atoms with Crippen LogP contribution in [0.3, 0.4) is 0 Å². The van der Waals surface area contributed by atoms with Crippen LogP contribution in [-0.4, -0.2) is 24.0 Å². The van der Waals surface area contributed by atoms with E-state index in [1.54, 1.807) is 0 Å². The van der Waals surface area contributed by atoms with Gasteiger partial charge in [0.1, 0.15) is 0 Å². The predicted molar refractivity (Wildman–Crippen MR) is 70.4 cm³/mol. The normalized spacial score (nSPS) is 13.4. The molecule has 0 spiro atoms. The molecule has 0 aliphatic carbocycles. The van der Waals surface area contributed by atoms with Crippen LogP contribution in [0, 0.1) is 0 Å². The Morgan fingerprint density at radius 3 is 1.87 bits per heavy atom. The Morgan fingerprint density at radius 1 is 0.800 bits per heavy atom. The molecule has 15 heavy (non-hydrogen) atoms. The minimum absolute atomic E-state index is 0.835. The SMILES string of the molecule is CCCCCCCC(CC)N(CC)CC. The fourth-order valence-corrected chi connectivity index (χ4v) is 2.37. The summed E-state index contributed by atoms with van der Waals surface area (Å²) in [7, 11) is 0. The van der Waals surface area contributed by atoms with Crippen LogP contribution >= 0.6 is 0 Å². The van der Waals surface area contributed by atoms with E-state index < -0.39 is 0 Å². The molecule has 0 heterocycles. The van der Waals surface area contributed by atoms with Gasteiger partial charge in [-0.3, -0.25) is 0 Å². The predicted octanol–water partition coefficient (Wildman–Crippen LogP) is 4.47. The molecular weight excluding hydrogens is 182 g/mol. The minimum atomic E-state index is 0.835. The lowest BCUT2D eigenvalue weighted by atomic mass is 10.0. The van der Waals surface area contributed by atoms with Crippen molar-refractivity contribution < 1.29 is 0 Å². The van der Waals surface area contributed by atoms with E-state index in [9.17, 15) is 0 Å². The number of hydrogen-bond acceptors (Lipinski definition) is 1. The van der Waals surface area contributed by atoms with Gasteiger partial charge in [-0.25, -0.2) is 0 Å². The van der Waals surface area contributed by atoms with Crippen molar-refractivity contribution in [3.05, 3.63) is 0 Å². The maximum Gasteiger partial charge on any atom is 0.00924 e. The molecule has 0 aliphatic rings. The van der Waals surface area contributed by atoms with Gasteiger partial charge in [0, 0.05) is 6.04 Å². The molecule has 0 aromatic heterocycles. The Kier molecular flexibility index (Phi) is 10.4. The second-order valence-electron chi connectivity index (χ2n) is 4.49. The van der Waals surface area contributed by atoms with E-state index in [1.165, 1.54) is 58.0 Å². The van der Waals surface area contributed by atoms with Crippen LogP contribution in [0.1, 0.15) is 72.6 Å². The van der Waals surface area contributed by atoms with Crippen molar-refractivity contribution in [2.75, 3.05) is 13.1 Å². The molecule has 1 unspecified atom stereocenters. The molecule has 0 amide bonds. The van der Waals surface area contributed by atoms with Gasteiger partial charge in [0.2, 0.25) is 0 Å². The summed E-state index contributed by atoms with van der Waals surface area (Å²) >= 11 is 0. The summed E-state index contributed by atoms with van der Waals surface area (Å²) in [5.41, 5.74) is 0. The third-order valence-electron chi connectivity index (χ3n) is 3.44. The van der Waals surface area contributed by atoms with E-state index in [2.05, 4.69) is 32.6 Å². The van der Waals surface area contributed by atoms with Gasteiger partial charge in [0.25, 0.3) is 0 Å². The van der Waals surface area contributed by atoms with E-state index in [0.717, 1.165) is 6.04 Å². The molecule has 0 aromatic carbocycles. The number of nitrogens with zero attached hydrogens (tertiary/aromatic N) is 1. The van der Waals surface area contributed by atoms with E-state index in [0.29, 0.717) is 0 Å². The highest BCUT2D eigenvalue weighted by molar-refractivity contribution is 4.68. The molecule has 1 atom stereocenters. The van der Waals surface area contributed by atoms with Crippen LogP contribution in [0.25, 0.3) is 0 Å². The molecule has 0 rings (SSSR count). The second-order valence-corrected chi connectivity index (χ2v) is 4.49. The fourth-order valence-electron chi connectivity index (χ4n) is 2.37. The molecule has 92 valence electrons. The Hall–Kier alpha value is -0.0400. The van der Waals surface area contributed by atoms with Crippen molar-refractivity contribution in [1.82, 2.24) is 4.90 Å². The topological polar surface area (TPSA) is 3.24 Å². The first-order valence-electron chi connectivity index (χ1n) is 7.04. The second kappa shape index (κ2) is 10.5. The molecule has 0 fully saturated rings.